The molecule has 1 fully saturated rings. The number of rotatable bonds is 10. The van der Waals surface area contributed by atoms with E-state index in [1.807, 2.05) is 0 Å². The number of nitrogens with one attached hydrogen (secondary N) is 2. The number of ether oxygens (including phenoxy) is 1. The van der Waals surface area contributed by atoms with Crippen LogP contribution in [0.2, 0.25) is 0 Å². The van der Waals surface area contributed by atoms with Gasteiger partial charge in [0.1, 0.15) is 22.9 Å². The van der Waals surface area contributed by atoms with Crippen LogP contribution >= 0.6 is 23.5 Å². The first kappa shape index (κ1) is 25.5. The van der Waals surface area contributed by atoms with Crippen LogP contribution in [0.25, 0.3) is 0 Å². The van der Waals surface area contributed by atoms with E-state index in [-0.39, 0.29) is 27.7 Å². The maximum Gasteiger partial charge on any atom is 0.352 e. The molecule has 1 aromatic heterocycles. The lowest BCUT2D eigenvalue weighted by atomic mass is 9.99. The highest BCUT2D eigenvalue weighted by Gasteiger charge is 2.55. The summed E-state index contributed by atoms with van der Waals surface area (Å²) in [6, 6.07) is 5.19. The Bertz CT molecular complexity index is 1220. The quantitative estimate of drug-likeness (QED) is 0.194. The second kappa shape index (κ2) is 10.5. The number of aromatic amines is 1. The fourth-order valence-corrected chi connectivity index (χ4v) is 6.34. The molecular formula is C20H20N6O8S2. The fraction of sp³-hybridized carbons (Fsp3) is 0.350. The maximum absolute atomic E-state index is 12.9. The van der Waals surface area contributed by atoms with Gasteiger partial charge in [0.2, 0.25) is 5.16 Å². The van der Waals surface area contributed by atoms with Crippen molar-refractivity contribution in [2.24, 2.45) is 0 Å². The van der Waals surface area contributed by atoms with Crippen molar-refractivity contribution in [2.75, 3.05) is 12.9 Å². The summed E-state index contributed by atoms with van der Waals surface area (Å²) in [5.74, 6) is -3.58. The van der Waals surface area contributed by atoms with Crippen LogP contribution < -0.4 is 10.1 Å². The first-order valence-electron chi connectivity index (χ1n) is 10.4. The minimum Gasteiger partial charge on any atom is -0.497 e. The number of aliphatic hydroxyl groups excluding tert-OH is 1. The molecule has 36 heavy (non-hydrogen) atoms. The average molecular weight is 537 g/mol. The zero-order chi connectivity index (χ0) is 26.0. The summed E-state index contributed by atoms with van der Waals surface area (Å²) in [6.07, 6.45) is -2.02. The fourth-order valence-electron chi connectivity index (χ4n) is 3.81. The minimum absolute atomic E-state index is 0.0870. The van der Waals surface area contributed by atoms with Gasteiger partial charge in [0.25, 0.3) is 11.8 Å². The van der Waals surface area contributed by atoms with Crippen molar-refractivity contribution in [3.63, 3.8) is 0 Å². The number of carboxylic acid groups (broad SMARTS) is 2. The Hall–Kier alpha value is -3.63. The Kier molecular flexibility index (Phi) is 7.46. The number of tetrazole rings is 1. The Labute approximate surface area is 211 Å². The third kappa shape index (κ3) is 5.00. The van der Waals surface area contributed by atoms with E-state index < -0.39 is 52.9 Å². The standard InChI is InChI=1S/C20H20N6O8S2/c1-34-9-4-2-3-8(5-9)15(29)16(30)21-13-17(31)26-14(19(32)33)10(7-35-18(13)26)11(6-12(27)28)36-20-22-24-25-23-20/h2-5,11,13,15,18,29H,6-7H2,1H3,(H,21,30)(H,27,28)(H,32,33)(H,22,23,24,25)/t11?,13?,15?,18-/m0/s1. The van der Waals surface area contributed by atoms with Crippen molar-refractivity contribution >= 4 is 47.3 Å². The molecule has 3 unspecified atom stereocenters. The van der Waals surface area contributed by atoms with Crippen LogP contribution in [0.15, 0.2) is 40.7 Å². The number of carbonyl (C=O) groups is 4. The molecular weight excluding hydrogens is 516 g/mol. The Morgan fingerprint density at radius 3 is 2.78 bits per heavy atom. The van der Waals surface area contributed by atoms with E-state index in [4.69, 9.17) is 4.74 Å². The first-order chi connectivity index (χ1) is 17.2. The Balaban J connectivity index is 1.54. The van der Waals surface area contributed by atoms with Crippen molar-refractivity contribution < 1.29 is 39.2 Å². The van der Waals surface area contributed by atoms with Gasteiger partial charge in [0, 0.05) is 11.0 Å². The van der Waals surface area contributed by atoms with Crippen molar-refractivity contribution in [1.29, 1.82) is 0 Å². The molecule has 5 N–H and O–H groups in total. The van der Waals surface area contributed by atoms with Crippen LogP contribution in [0.5, 0.6) is 5.75 Å². The van der Waals surface area contributed by atoms with Crippen molar-refractivity contribution in [3.8, 4) is 5.75 Å². The molecule has 4 rings (SSSR count). The van der Waals surface area contributed by atoms with Gasteiger partial charge in [0.15, 0.2) is 6.10 Å². The molecule has 0 spiro atoms. The molecule has 0 bridgehead atoms. The van der Waals surface area contributed by atoms with Crippen LogP contribution in [0.3, 0.4) is 0 Å². The summed E-state index contributed by atoms with van der Waals surface area (Å²) < 4.78 is 5.09. The van der Waals surface area contributed by atoms with E-state index in [0.717, 1.165) is 16.7 Å². The zero-order valence-electron chi connectivity index (χ0n) is 18.5. The number of aliphatic carboxylic acids is 2. The predicted molar refractivity (Wildman–Crippen MR) is 124 cm³/mol. The van der Waals surface area contributed by atoms with Gasteiger partial charge in [-0.25, -0.2) is 4.79 Å². The van der Waals surface area contributed by atoms with Crippen molar-refractivity contribution in [1.82, 2.24) is 30.8 Å². The number of β-lactam (4-membered cyclic amide) rings is 1. The number of thioether (sulfide) groups is 2. The number of H-pyrrole nitrogens is 1. The molecule has 0 radical (unpaired) electrons. The number of carbonyl (C=O) groups excluding carboxylic acids is 2. The van der Waals surface area contributed by atoms with Gasteiger partial charge >= 0.3 is 11.9 Å². The molecule has 2 aromatic rings. The van der Waals surface area contributed by atoms with E-state index >= 15 is 0 Å². The summed E-state index contributed by atoms with van der Waals surface area (Å²) in [5.41, 5.74) is 0.135. The number of hydrogen-bond donors (Lipinski definition) is 5. The molecule has 14 nitrogen and oxygen atoms in total. The van der Waals surface area contributed by atoms with E-state index in [1.54, 1.807) is 12.1 Å². The summed E-state index contributed by atoms with van der Waals surface area (Å²) in [4.78, 5) is 50.3. The smallest absolute Gasteiger partial charge is 0.352 e. The van der Waals surface area contributed by atoms with Crippen LogP contribution in [-0.2, 0) is 19.2 Å². The highest BCUT2D eigenvalue weighted by Crippen LogP contribution is 2.44. The minimum atomic E-state index is -1.58. The summed E-state index contributed by atoms with van der Waals surface area (Å²) >= 11 is 2.09. The molecule has 2 amide bonds. The highest BCUT2D eigenvalue weighted by atomic mass is 32.2. The highest BCUT2D eigenvalue weighted by molar-refractivity contribution is 8.01. The maximum atomic E-state index is 12.9. The second-order valence-electron chi connectivity index (χ2n) is 7.65. The van der Waals surface area contributed by atoms with Crippen LogP contribution in [0.1, 0.15) is 18.1 Å². The molecule has 190 valence electrons. The number of aliphatic hydroxyl groups is 1. The summed E-state index contributed by atoms with van der Waals surface area (Å²) in [6.45, 7) is 0. The summed E-state index contributed by atoms with van der Waals surface area (Å²) in [7, 11) is 1.44. The number of fused-ring (bicyclic) bond motifs is 1. The Morgan fingerprint density at radius 2 is 2.14 bits per heavy atom. The summed E-state index contributed by atoms with van der Waals surface area (Å²) in [5, 5.41) is 43.9. The lowest BCUT2D eigenvalue weighted by Gasteiger charge is -2.50. The van der Waals surface area contributed by atoms with E-state index in [2.05, 4.69) is 25.9 Å². The van der Waals surface area contributed by atoms with E-state index in [1.165, 1.54) is 31.0 Å². The van der Waals surface area contributed by atoms with E-state index in [0.29, 0.717) is 5.75 Å². The molecule has 3 heterocycles. The third-order valence-corrected chi connectivity index (χ3v) is 7.90. The normalized spacial score (nSPS) is 20.7. The van der Waals surface area contributed by atoms with Crippen LogP contribution in [0.4, 0.5) is 0 Å². The van der Waals surface area contributed by atoms with Gasteiger partial charge in [-0.15, -0.1) is 22.0 Å². The van der Waals surface area contributed by atoms with Gasteiger partial charge in [-0.2, -0.15) is 5.21 Å². The second-order valence-corrected chi connectivity index (χ2v) is 9.93. The number of carboxylic acids is 2. The van der Waals surface area contributed by atoms with Gasteiger partial charge < -0.3 is 25.4 Å². The number of aromatic nitrogens is 4. The average Bonchev–Trinajstić information content (AvgIpc) is 3.38. The number of hydrogen-bond acceptors (Lipinski definition) is 11. The Morgan fingerprint density at radius 1 is 1.36 bits per heavy atom. The predicted octanol–water partition coefficient (Wildman–Crippen LogP) is -0.384. The number of nitrogens with zero attached hydrogens (tertiary/aromatic N) is 4. The zero-order valence-corrected chi connectivity index (χ0v) is 20.2. The molecule has 1 aromatic carbocycles. The monoisotopic (exact) mass is 536 g/mol. The number of amides is 2. The van der Waals surface area contributed by atoms with Gasteiger partial charge in [-0.05, 0) is 28.5 Å². The third-order valence-electron chi connectivity index (χ3n) is 5.48. The van der Waals surface area contributed by atoms with Crippen molar-refractivity contribution in [3.05, 3.63) is 41.1 Å². The largest absolute Gasteiger partial charge is 0.497 e. The van der Waals surface area contributed by atoms with Crippen LogP contribution in [0, 0.1) is 0 Å². The molecule has 1 saturated heterocycles. The van der Waals surface area contributed by atoms with Gasteiger partial charge in [-0.1, -0.05) is 23.9 Å². The molecule has 0 saturated carbocycles. The van der Waals surface area contributed by atoms with Crippen LogP contribution in [-0.4, -0.2) is 94.1 Å². The molecule has 0 aliphatic carbocycles. The lowest BCUT2D eigenvalue weighted by Crippen LogP contribution is -2.71. The topological polar surface area (TPSA) is 208 Å². The number of benzene rings is 1. The van der Waals surface area contributed by atoms with E-state index in [9.17, 15) is 34.5 Å². The lowest BCUT2D eigenvalue weighted by molar-refractivity contribution is -0.151. The van der Waals surface area contributed by atoms with Crippen molar-refractivity contribution in [2.45, 2.75) is 34.3 Å². The molecule has 2 aliphatic rings. The SMILES string of the molecule is COc1cccc(C(O)C(=O)NC2C(=O)N3C(C(=O)O)=C(C(CC(=O)O)Sc4nn[nH]n4)CS[C@@H]23)c1. The number of methoxy groups -OCH3 is 1. The van der Waals surface area contributed by atoms with Gasteiger partial charge in [0.05, 0.1) is 13.5 Å². The molecule has 4 atom stereocenters. The first-order valence-corrected chi connectivity index (χ1v) is 12.3. The van der Waals surface area contributed by atoms with Gasteiger partial charge in [-0.3, -0.25) is 19.3 Å². The molecule has 2 aliphatic heterocycles. The molecule has 16 heteroatoms.